The average Bonchev–Trinajstić information content (AvgIpc) is 2.74. The molecule has 0 bridgehead atoms. The third-order valence-electron chi connectivity index (χ3n) is 5.06. The van der Waals surface area contributed by atoms with E-state index in [1.54, 1.807) is 24.3 Å². The van der Waals surface area contributed by atoms with Gasteiger partial charge >= 0.3 is 5.97 Å². The number of benzene rings is 3. The Morgan fingerprint density at radius 3 is 2.43 bits per heavy atom. The van der Waals surface area contributed by atoms with Gasteiger partial charge in [-0.15, -0.1) is 0 Å². The van der Waals surface area contributed by atoms with Crippen LogP contribution in [0.5, 0.6) is 0 Å². The number of hydrogen-bond acceptors (Lipinski definition) is 4. The number of aromatic carboxylic acids is 1. The lowest BCUT2D eigenvalue weighted by atomic mass is 10.00. The van der Waals surface area contributed by atoms with Crippen molar-refractivity contribution in [1.29, 1.82) is 0 Å². The molecule has 3 aromatic carbocycles. The zero-order chi connectivity index (χ0) is 21.3. The fraction of sp³-hybridized carbons (Fsp3) is 0.120. The van der Waals surface area contributed by atoms with E-state index in [0.29, 0.717) is 22.4 Å². The van der Waals surface area contributed by atoms with Gasteiger partial charge < -0.3 is 14.8 Å². The van der Waals surface area contributed by atoms with Crippen LogP contribution in [-0.2, 0) is 0 Å². The number of aryl methyl sites for hydroxylation is 1. The van der Waals surface area contributed by atoms with Crippen LogP contribution in [0.3, 0.4) is 0 Å². The topological polar surface area (TPSA) is 79.5 Å². The molecule has 4 aromatic rings. The maximum absolute atomic E-state index is 12.8. The summed E-state index contributed by atoms with van der Waals surface area (Å²) in [5.41, 5.74) is 3.62. The summed E-state index contributed by atoms with van der Waals surface area (Å²) in [4.78, 5) is 24.4. The molecule has 1 heterocycles. The number of carboxylic acid groups (broad SMARTS) is 1. The Hall–Kier alpha value is -3.86. The van der Waals surface area contributed by atoms with Crippen molar-refractivity contribution >= 4 is 22.6 Å². The van der Waals surface area contributed by atoms with Crippen LogP contribution in [0.2, 0.25) is 0 Å². The first-order valence-corrected chi connectivity index (χ1v) is 9.66. The smallest absolute Gasteiger partial charge is 0.337 e. The molecule has 0 spiro atoms. The lowest BCUT2D eigenvalue weighted by Crippen LogP contribution is -2.12. The third-order valence-corrected chi connectivity index (χ3v) is 5.06. The van der Waals surface area contributed by atoms with E-state index in [4.69, 9.17) is 4.42 Å². The predicted molar refractivity (Wildman–Crippen MR) is 118 cm³/mol. The third kappa shape index (κ3) is 3.70. The van der Waals surface area contributed by atoms with Gasteiger partial charge in [0.25, 0.3) is 0 Å². The van der Waals surface area contributed by atoms with Gasteiger partial charge in [0.05, 0.1) is 17.0 Å². The molecule has 150 valence electrons. The number of anilines is 1. The summed E-state index contributed by atoms with van der Waals surface area (Å²) < 4.78 is 6.20. The minimum Gasteiger partial charge on any atom is -0.478 e. The highest BCUT2D eigenvalue weighted by molar-refractivity contribution is 5.94. The Kier molecular flexibility index (Phi) is 5.11. The van der Waals surface area contributed by atoms with Gasteiger partial charge in [0.15, 0.2) is 5.43 Å². The Balaban J connectivity index is 1.85. The molecule has 0 aliphatic carbocycles. The summed E-state index contributed by atoms with van der Waals surface area (Å²) in [6, 6.07) is 21.2. The number of carbonyl (C=O) groups is 1. The van der Waals surface area contributed by atoms with E-state index >= 15 is 0 Å². The number of nitrogens with one attached hydrogen (secondary N) is 1. The first-order valence-electron chi connectivity index (χ1n) is 9.66. The molecule has 30 heavy (non-hydrogen) atoms. The zero-order valence-electron chi connectivity index (χ0n) is 16.7. The van der Waals surface area contributed by atoms with Crippen molar-refractivity contribution in [1.82, 2.24) is 0 Å². The van der Waals surface area contributed by atoms with Crippen LogP contribution in [0, 0.1) is 6.92 Å². The molecule has 5 heteroatoms. The maximum Gasteiger partial charge on any atom is 0.337 e. The summed E-state index contributed by atoms with van der Waals surface area (Å²) in [6.07, 6.45) is 0. The summed E-state index contributed by atoms with van der Waals surface area (Å²) >= 11 is 0. The van der Waals surface area contributed by atoms with Gasteiger partial charge in [0.1, 0.15) is 11.3 Å². The fourth-order valence-corrected chi connectivity index (χ4v) is 3.61. The van der Waals surface area contributed by atoms with Gasteiger partial charge in [-0.25, -0.2) is 4.79 Å². The highest BCUT2D eigenvalue weighted by Gasteiger charge is 2.18. The van der Waals surface area contributed by atoms with E-state index in [-0.39, 0.29) is 17.0 Å². The lowest BCUT2D eigenvalue weighted by Gasteiger charge is -2.19. The van der Waals surface area contributed by atoms with E-state index < -0.39 is 5.97 Å². The average molecular weight is 399 g/mol. The van der Waals surface area contributed by atoms with Crippen LogP contribution in [0.25, 0.3) is 22.3 Å². The lowest BCUT2D eigenvalue weighted by molar-refractivity contribution is 0.0698. The Labute approximate surface area is 173 Å². The molecule has 0 aliphatic rings. The van der Waals surface area contributed by atoms with Crippen molar-refractivity contribution < 1.29 is 14.3 Å². The second-order valence-corrected chi connectivity index (χ2v) is 7.29. The monoisotopic (exact) mass is 399 g/mol. The van der Waals surface area contributed by atoms with Crippen LogP contribution >= 0.6 is 0 Å². The van der Waals surface area contributed by atoms with Crippen LogP contribution < -0.4 is 10.7 Å². The van der Waals surface area contributed by atoms with Crippen LogP contribution in [0.1, 0.15) is 34.5 Å². The number of rotatable bonds is 5. The summed E-state index contributed by atoms with van der Waals surface area (Å²) in [5.74, 6) is -0.506. The minimum absolute atomic E-state index is 0.113. The molecule has 1 atom stereocenters. The number of fused-ring (bicyclic) bond motifs is 1. The zero-order valence-corrected chi connectivity index (χ0v) is 16.7. The predicted octanol–water partition coefficient (Wildman–Crippen LogP) is 5.64. The second kappa shape index (κ2) is 7.87. The van der Waals surface area contributed by atoms with Gasteiger partial charge in [0, 0.05) is 22.9 Å². The summed E-state index contributed by atoms with van der Waals surface area (Å²) in [7, 11) is 0. The molecule has 0 saturated carbocycles. The molecule has 0 fully saturated rings. The molecule has 1 unspecified atom stereocenters. The van der Waals surface area contributed by atoms with Crippen LogP contribution in [-0.4, -0.2) is 11.1 Å². The molecule has 4 rings (SSSR count). The first kappa shape index (κ1) is 19.5. The van der Waals surface area contributed by atoms with Crippen molar-refractivity contribution in [3.8, 4) is 11.3 Å². The molecule has 0 amide bonds. The van der Waals surface area contributed by atoms with Gasteiger partial charge in [0.2, 0.25) is 0 Å². The Bertz CT molecular complexity index is 1290. The molecule has 5 nitrogen and oxygen atoms in total. The van der Waals surface area contributed by atoms with Crippen molar-refractivity contribution in [2.75, 3.05) is 5.32 Å². The van der Waals surface area contributed by atoms with Crippen molar-refractivity contribution in [3.63, 3.8) is 0 Å². The second-order valence-electron chi connectivity index (χ2n) is 7.29. The Morgan fingerprint density at radius 1 is 1.00 bits per heavy atom. The van der Waals surface area contributed by atoms with Gasteiger partial charge in [-0.1, -0.05) is 48.5 Å². The van der Waals surface area contributed by atoms with E-state index in [1.807, 2.05) is 56.3 Å². The van der Waals surface area contributed by atoms with E-state index in [2.05, 4.69) is 5.32 Å². The summed E-state index contributed by atoms with van der Waals surface area (Å²) in [6.45, 7) is 3.84. The van der Waals surface area contributed by atoms with Crippen LogP contribution in [0.4, 0.5) is 5.69 Å². The van der Waals surface area contributed by atoms with Crippen molar-refractivity contribution in [3.05, 3.63) is 99.7 Å². The fourth-order valence-electron chi connectivity index (χ4n) is 3.61. The molecule has 0 saturated heterocycles. The molecular formula is C25H21NO4. The van der Waals surface area contributed by atoms with E-state index in [0.717, 1.165) is 16.7 Å². The summed E-state index contributed by atoms with van der Waals surface area (Å²) in [5, 5.41) is 13.2. The first-order chi connectivity index (χ1) is 14.4. The van der Waals surface area contributed by atoms with Crippen molar-refractivity contribution in [2.24, 2.45) is 0 Å². The van der Waals surface area contributed by atoms with Gasteiger partial charge in [-0.05, 0) is 37.6 Å². The van der Waals surface area contributed by atoms with E-state index in [9.17, 15) is 14.7 Å². The number of carboxylic acids is 1. The van der Waals surface area contributed by atoms with E-state index in [1.165, 1.54) is 6.07 Å². The van der Waals surface area contributed by atoms with Gasteiger partial charge in [-0.2, -0.15) is 0 Å². The number of para-hydroxylation sites is 1. The standard InChI is InChI=1S/C25H21NO4/c1-15-12-19(16(2)26-21-11-7-6-10-18(21)25(28)29)24-20(13-15)22(27)14-23(30-24)17-8-4-3-5-9-17/h3-14,16,26H,1-2H3,(H,28,29). The number of hydrogen-bond donors (Lipinski definition) is 2. The van der Waals surface area contributed by atoms with Crippen molar-refractivity contribution in [2.45, 2.75) is 19.9 Å². The molecule has 0 aliphatic heterocycles. The quantitative estimate of drug-likeness (QED) is 0.454. The SMILES string of the molecule is Cc1cc(C(C)Nc2ccccc2C(=O)O)c2oc(-c3ccccc3)cc(=O)c2c1. The highest BCUT2D eigenvalue weighted by Crippen LogP contribution is 2.31. The minimum atomic E-state index is -1.00. The van der Waals surface area contributed by atoms with Gasteiger partial charge in [-0.3, -0.25) is 4.79 Å². The Morgan fingerprint density at radius 2 is 1.70 bits per heavy atom. The molecule has 2 N–H and O–H groups in total. The normalized spacial score (nSPS) is 11.9. The highest BCUT2D eigenvalue weighted by atomic mass is 16.4. The maximum atomic E-state index is 12.8. The van der Waals surface area contributed by atoms with Crippen LogP contribution in [0.15, 0.2) is 82.0 Å². The molecule has 1 aromatic heterocycles. The largest absolute Gasteiger partial charge is 0.478 e. The molecule has 0 radical (unpaired) electrons. The molecular weight excluding hydrogens is 378 g/mol.